The van der Waals surface area contributed by atoms with Gasteiger partial charge in [0.05, 0.1) is 18.8 Å². The van der Waals surface area contributed by atoms with Gasteiger partial charge < -0.3 is 14.8 Å². The number of rotatable bonds is 7. The van der Waals surface area contributed by atoms with Crippen molar-refractivity contribution in [1.29, 1.82) is 5.26 Å². The summed E-state index contributed by atoms with van der Waals surface area (Å²) in [5.41, 5.74) is 1.08. The van der Waals surface area contributed by atoms with Gasteiger partial charge in [-0.05, 0) is 31.4 Å². The number of benzene rings is 1. The van der Waals surface area contributed by atoms with Crippen LogP contribution in [-0.2, 0) is 4.74 Å². The third-order valence-corrected chi connectivity index (χ3v) is 3.33. The molecule has 1 fully saturated rings. The van der Waals surface area contributed by atoms with Crippen molar-refractivity contribution in [1.82, 2.24) is 0 Å². The molecule has 0 spiro atoms. The van der Waals surface area contributed by atoms with E-state index in [0.717, 1.165) is 30.7 Å². The molecule has 0 unspecified atom stereocenters. The first kappa shape index (κ1) is 13.7. The number of nitrogens with one attached hydrogen (secondary N) is 1. The van der Waals surface area contributed by atoms with Crippen molar-refractivity contribution in [2.24, 2.45) is 0 Å². The average Bonchev–Trinajstić information content (AvgIpc) is 2.39. The predicted molar refractivity (Wildman–Crippen MR) is 74.2 cm³/mol. The number of unbranched alkanes of at least 4 members (excludes halogenated alkanes) is 1. The number of ether oxygens (including phenoxy) is 2. The normalized spacial score (nSPS) is 21.3. The van der Waals surface area contributed by atoms with Gasteiger partial charge in [-0.3, -0.25) is 0 Å². The quantitative estimate of drug-likeness (QED) is 0.766. The van der Waals surface area contributed by atoms with Crippen LogP contribution in [0.1, 0.15) is 25.7 Å². The van der Waals surface area contributed by atoms with Gasteiger partial charge in [-0.2, -0.15) is 5.26 Å². The zero-order valence-corrected chi connectivity index (χ0v) is 11.3. The highest BCUT2D eigenvalue weighted by molar-refractivity contribution is 5.49. The molecule has 19 heavy (non-hydrogen) atoms. The van der Waals surface area contributed by atoms with Crippen LogP contribution in [0, 0.1) is 11.3 Å². The molecule has 1 aliphatic rings. The number of nitriles is 1. The Labute approximate surface area is 114 Å². The summed E-state index contributed by atoms with van der Waals surface area (Å²) < 4.78 is 10.9. The Morgan fingerprint density at radius 1 is 1.42 bits per heavy atom. The lowest BCUT2D eigenvalue weighted by Crippen LogP contribution is -2.40. The Kier molecular flexibility index (Phi) is 5.05. The monoisotopic (exact) mass is 260 g/mol. The van der Waals surface area contributed by atoms with Crippen LogP contribution < -0.4 is 10.1 Å². The Hall–Kier alpha value is -1.73. The molecule has 4 nitrogen and oxygen atoms in total. The average molecular weight is 260 g/mol. The van der Waals surface area contributed by atoms with Crippen LogP contribution in [0.15, 0.2) is 24.3 Å². The fourth-order valence-corrected chi connectivity index (χ4v) is 2.13. The predicted octanol–water partition coefficient (Wildman–Crippen LogP) is 2.96. The summed E-state index contributed by atoms with van der Waals surface area (Å²) in [5, 5.41) is 11.9. The van der Waals surface area contributed by atoms with E-state index in [2.05, 4.69) is 11.4 Å². The van der Waals surface area contributed by atoms with Crippen molar-refractivity contribution in [2.75, 3.05) is 19.0 Å². The molecule has 4 heteroatoms. The molecule has 0 aliphatic heterocycles. The number of hydrogen-bond donors (Lipinski definition) is 1. The summed E-state index contributed by atoms with van der Waals surface area (Å²) in [5.74, 6) is 0.852. The minimum atomic E-state index is 0.405. The van der Waals surface area contributed by atoms with Crippen molar-refractivity contribution < 1.29 is 9.47 Å². The van der Waals surface area contributed by atoms with Crippen LogP contribution in [0.2, 0.25) is 0 Å². The van der Waals surface area contributed by atoms with Crippen LogP contribution in [0.3, 0.4) is 0 Å². The number of hydrogen-bond acceptors (Lipinski definition) is 4. The lowest BCUT2D eigenvalue weighted by atomic mass is 9.89. The highest BCUT2D eigenvalue weighted by atomic mass is 16.5. The molecule has 0 aromatic heterocycles. The van der Waals surface area contributed by atoms with Crippen molar-refractivity contribution >= 4 is 5.69 Å². The SMILES string of the molecule is COC1CC(Nc2cccc(OCCCC#N)c2)C1. The summed E-state index contributed by atoms with van der Waals surface area (Å²) in [6, 6.07) is 10.6. The van der Waals surface area contributed by atoms with Crippen LogP contribution in [0.4, 0.5) is 5.69 Å². The molecular formula is C15H20N2O2. The van der Waals surface area contributed by atoms with Crippen LogP contribution in [-0.4, -0.2) is 25.9 Å². The van der Waals surface area contributed by atoms with Crippen LogP contribution >= 0.6 is 0 Å². The molecule has 0 heterocycles. The smallest absolute Gasteiger partial charge is 0.121 e. The van der Waals surface area contributed by atoms with Crippen molar-refractivity contribution in [2.45, 2.75) is 37.8 Å². The molecule has 0 amide bonds. The maximum atomic E-state index is 8.46. The third kappa shape index (κ3) is 4.15. The molecule has 1 aromatic rings. The molecular weight excluding hydrogens is 240 g/mol. The molecule has 1 saturated carbocycles. The van der Waals surface area contributed by atoms with E-state index < -0.39 is 0 Å². The fraction of sp³-hybridized carbons (Fsp3) is 0.533. The van der Waals surface area contributed by atoms with Gasteiger partial charge in [0.2, 0.25) is 0 Å². The molecule has 1 aromatic carbocycles. The fourth-order valence-electron chi connectivity index (χ4n) is 2.13. The maximum absolute atomic E-state index is 8.46. The second-order valence-corrected chi connectivity index (χ2v) is 4.81. The standard InChI is InChI=1S/C15H20N2O2/c1-18-15-10-13(11-15)17-12-5-4-6-14(9-12)19-8-3-2-7-16/h4-6,9,13,15,17H,2-3,8,10-11H2,1H3. The zero-order valence-electron chi connectivity index (χ0n) is 11.3. The summed E-state index contributed by atoms with van der Waals surface area (Å²) >= 11 is 0. The first-order valence-electron chi connectivity index (χ1n) is 6.71. The van der Waals surface area contributed by atoms with Gasteiger partial charge in [-0.25, -0.2) is 0 Å². The Bertz CT molecular complexity index is 436. The van der Waals surface area contributed by atoms with Gasteiger partial charge in [0.15, 0.2) is 0 Å². The summed E-state index contributed by atoms with van der Waals surface area (Å²) in [6.45, 7) is 0.589. The largest absolute Gasteiger partial charge is 0.493 e. The van der Waals surface area contributed by atoms with Gasteiger partial charge >= 0.3 is 0 Å². The number of anilines is 1. The number of methoxy groups -OCH3 is 1. The molecule has 0 saturated heterocycles. The molecule has 0 atom stereocenters. The minimum absolute atomic E-state index is 0.405. The van der Waals surface area contributed by atoms with Gasteiger partial charge in [0.25, 0.3) is 0 Å². The first-order valence-corrected chi connectivity index (χ1v) is 6.71. The number of nitrogens with zero attached hydrogens (tertiary/aromatic N) is 1. The second-order valence-electron chi connectivity index (χ2n) is 4.81. The third-order valence-electron chi connectivity index (χ3n) is 3.33. The van der Waals surface area contributed by atoms with Crippen LogP contribution in [0.25, 0.3) is 0 Å². The summed E-state index contributed by atoms with van der Waals surface area (Å²) in [7, 11) is 1.76. The molecule has 2 rings (SSSR count). The first-order chi connectivity index (χ1) is 9.31. The van der Waals surface area contributed by atoms with Gasteiger partial charge in [-0.1, -0.05) is 6.07 Å². The second kappa shape index (κ2) is 7.01. The van der Waals surface area contributed by atoms with Crippen molar-refractivity contribution in [3.8, 4) is 11.8 Å². The highest BCUT2D eigenvalue weighted by Crippen LogP contribution is 2.27. The van der Waals surface area contributed by atoms with Gasteiger partial charge in [0.1, 0.15) is 5.75 Å². The van der Waals surface area contributed by atoms with E-state index in [9.17, 15) is 0 Å². The Morgan fingerprint density at radius 2 is 2.26 bits per heavy atom. The molecule has 1 aliphatic carbocycles. The zero-order chi connectivity index (χ0) is 13.5. The van der Waals surface area contributed by atoms with Gasteiger partial charge in [0, 0.05) is 31.3 Å². The van der Waals surface area contributed by atoms with Crippen LogP contribution in [0.5, 0.6) is 5.75 Å². The Balaban J connectivity index is 1.77. The summed E-state index contributed by atoms with van der Waals surface area (Å²) in [4.78, 5) is 0. The minimum Gasteiger partial charge on any atom is -0.493 e. The summed E-state index contributed by atoms with van der Waals surface area (Å²) in [6.07, 6.45) is 3.83. The van der Waals surface area contributed by atoms with Crippen molar-refractivity contribution in [3.05, 3.63) is 24.3 Å². The van der Waals surface area contributed by atoms with E-state index in [1.807, 2.05) is 24.3 Å². The highest BCUT2D eigenvalue weighted by Gasteiger charge is 2.28. The molecule has 102 valence electrons. The maximum Gasteiger partial charge on any atom is 0.121 e. The molecule has 0 radical (unpaired) electrons. The lowest BCUT2D eigenvalue weighted by molar-refractivity contribution is 0.0329. The topological polar surface area (TPSA) is 54.3 Å². The van der Waals surface area contributed by atoms with E-state index in [-0.39, 0.29) is 0 Å². The molecule has 1 N–H and O–H groups in total. The Morgan fingerprint density at radius 3 is 3.00 bits per heavy atom. The van der Waals surface area contributed by atoms with E-state index >= 15 is 0 Å². The van der Waals surface area contributed by atoms with E-state index in [4.69, 9.17) is 14.7 Å². The van der Waals surface area contributed by atoms with Gasteiger partial charge in [-0.15, -0.1) is 0 Å². The van der Waals surface area contributed by atoms with Crippen molar-refractivity contribution in [3.63, 3.8) is 0 Å². The molecule has 0 bridgehead atoms. The van der Waals surface area contributed by atoms with E-state index in [1.54, 1.807) is 7.11 Å². The van der Waals surface area contributed by atoms with E-state index in [1.165, 1.54) is 0 Å². The van der Waals surface area contributed by atoms with E-state index in [0.29, 0.717) is 25.2 Å². The lowest BCUT2D eigenvalue weighted by Gasteiger charge is -2.35.